The summed E-state index contributed by atoms with van der Waals surface area (Å²) in [6.07, 6.45) is 2.77. The van der Waals surface area contributed by atoms with Crippen molar-refractivity contribution in [2.75, 3.05) is 26.9 Å². The minimum absolute atomic E-state index is 0.0403. The monoisotopic (exact) mass is 793 g/mol. The molecule has 3 aliphatic heterocycles. The SMILES string of the molecule is C=CCCC(=O)N[C@H](COC)[C@H](OC(=O)[C@@H]1[C@H]2O[C@@]3(CC2Br)[C@H](C(=O)N(CC=C)C(C)(C)C)N([C@@H](CO)Cc2ccccc2)C(=O)[C@@H]13)c1ccccc1. The Kier molecular flexibility index (Phi) is 13.0. The number of aliphatic hydroxyl groups is 1. The Balaban J connectivity index is 1.57. The predicted octanol–water partition coefficient (Wildman–Crippen LogP) is 4.53. The Hall–Kier alpha value is -3.84. The van der Waals surface area contributed by atoms with Crippen molar-refractivity contribution in [3.05, 3.63) is 97.1 Å². The molecule has 12 heteroatoms. The number of allylic oxidation sites excluding steroid dienone is 1. The molecule has 0 radical (unpaired) electrons. The standard InChI is InChI=1S/C41H52BrN3O8/c1-7-9-20-31(47)43-30(25-51-6)34(27-18-14-11-15-19-27)52-39(50)32-33-37(48)45(28(24-46)22-26-16-12-10-13-17-26)36(41(33)23-29(42)35(32)53-41)38(49)44(21-8-2)40(3,4)5/h7-8,10-19,28-30,32-36,46H,1-2,9,20-25H2,3-6H3,(H,43,47)/t28-,29?,30-,32+,33-,34-,35+,36+,41-/m1/s1. The summed E-state index contributed by atoms with van der Waals surface area (Å²) in [6, 6.07) is 15.8. The first-order valence-electron chi connectivity index (χ1n) is 18.2. The van der Waals surface area contributed by atoms with E-state index in [4.69, 9.17) is 14.2 Å². The van der Waals surface area contributed by atoms with E-state index in [2.05, 4.69) is 34.4 Å². The Bertz CT molecular complexity index is 1630. The zero-order valence-corrected chi connectivity index (χ0v) is 32.6. The molecule has 3 heterocycles. The first-order valence-corrected chi connectivity index (χ1v) is 19.1. The third-order valence-corrected chi connectivity index (χ3v) is 11.4. The van der Waals surface area contributed by atoms with Gasteiger partial charge in [-0.05, 0) is 51.2 Å². The average Bonchev–Trinajstić information content (AvgIpc) is 3.73. The lowest BCUT2D eigenvalue weighted by atomic mass is 9.70. The highest BCUT2D eigenvalue weighted by Gasteiger charge is 2.78. The lowest BCUT2D eigenvalue weighted by molar-refractivity contribution is -0.163. The number of nitrogens with one attached hydrogen (secondary N) is 1. The lowest BCUT2D eigenvalue weighted by Crippen LogP contribution is -2.62. The second-order valence-electron chi connectivity index (χ2n) is 15.1. The summed E-state index contributed by atoms with van der Waals surface area (Å²) in [5, 5.41) is 13.8. The number of halogens is 1. The smallest absolute Gasteiger partial charge is 0.313 e. The Labute approximate surface area is 320 Å². The molecule has 11 nitrogen and oxygen atoms in total. The number of carbonyl (C=O) groups excluding carboxylic acids is 4. The normalized spacial score (nSPS) is 26.3. The molecule has 5 rings (SSSR count). The number of benzene rings is 2. The predicted molar refractivity (Wildman–Crippen MR) is 204 cm³/mol. The van der Waals surface area contributed by atoms with Gasteiger partial charge in [0.15, 0.2) is 0 Å². The zero-order valence-electron chi connectivity index (χ0n) is 31.0. The van der Waals surface area contributed by atoms with Crippen LogP contribution >= 0.6 is 15.9 Å². The fraction of sp³-hybridized carbons (Fsp3) is 0.512. The molecule has 1 unspecified atom stereocenters. The molecule has 0 saturated carbocycles. The van der Waals surface area contributed by atoms with Crippen LogP contribution in [-0.4, -0.2) is 106 Å². The number of likely N-dealkylation sites (tertiary alicyclic amines) is 1. The van der Waals surface area contributed by atoms with Gasteiger partial charge in [0.2, 0.25) is 17.7 Å². The van der Waals surface area contributed by atoms with Gasteiger partial charge in [-0.1, -0.05) is 88.7 Å². The number of nitrogens with zero attached hydrogens (tertiary/aromatic N) is 2. The summed E-state index contributed by atoms with van der Waals surface area (Å²) in [7, 11) is 1.50. The molecule has 3 aliphatic rings. The van der Waals surface area contributed by atoms with Crippen LogP contribution in [0.2, 0.25) is 0 Å². The second kappa shape index (κ2) is 17.1. The molecule has 3 amide bonds. The highest BCUT2D eigenvalue weighted by atomic mass is 79.9. The van der Waals surface area contributed by atoms with Gasteiger partial charge in [0.1, 0.15) is 17.7 Å². The molecule has 2 N–H and O–H groups in total. The van der Waals surface area contributed by atoms with E-state index < -0.39 is 71.8 Å². The first kappa shape index (κ1) is 40.3. The van der Waals surface area contributed by atoms with Crippen molar-refractivity contribution in [2.45, 2.75) is 92.8 Å². The van der Waals surface area contributed by atoms with Gasteiger partial charge >= 0.3 is 5.97 Å². The van der Waals surface area contributed by atoms with Gasteiger partial charge in [0.05, 0.1) is 43.2 Å². The van der Waals surface area contributed by atoms with Crippen LogP contribution in [0.25, 0.3) is 0 Å². The first-order chi connectivity index (χ1) is 25.3. The number of amides is 3. The van der Waals surface area contributed by atoms with Crippen LogP contribution in [0.15, 0.2) is 86.0 Å². The van der Waals surface area contributed by atoms with E-state index in [1.807, 2.05) is 69.3 Å². The molecule has 3 fully saturated rings. The summed E-state index contributed by atoms with van der Waals surface area (Å²) < 4.78 is 18.6. The van der Waals surface area contributed by atoms with Crippen molar-refractivity contribution in [3.8, 4) is 0 Å². The maximum Gasteiger partial charge on any atom is 0.313 e. The van der Waals surface area contributed by atoms with Crippen LogP contribution in [0.4, 0.5) is 0 Å². The molecule has 286 valence electrons. The number of carbonyl (C=O) groups is 4. The summed E-state index contributed by atoms with van der Waals surface area (Å²) in [5.41, 5.74) is -0.537. The molecular weight excluding hydrogens is 742 g/mol. The molecule has 1 spiro atoms. The number of ether oxygens (including phenoxy) is 3. The third kappa shape index (κ3) is 8.16. The van der Waals surface area contributed by atoms with Gasteiger partial charge < -0.3 is 34.4 Å². The fourth-order valence-electron chi connectivity index (χ4n) is 8.24. The number of alkyl halides is 1. The van der Waals surface area contributed by atoms with Crippen LogP contribution in [0.3, 0.4) is 0 Å². The van der Waals surface area contributed by atoms with Crippen LogP contribution in [0.1, 0.15) is 57.3 Å². The number of hydrogen-bond acceptors (Lipinski definition) is 8. The number of hydrogen-bond donors (Lipinski definition) is 2. The van der Waals surface area contributed by atoms with Crippen molar-refractivity contribution in [2.24, 2.45) is 11.8 Å². The van der Waals surface area contributed by atoms with Crippen LogP contribution in [-0.2, 0) is 39.8 Å². The highest BCUT2D eigenvalue weighted by Crippen LogP contribution is 2.61. The van der Waals surface area contributed by atoms with Gasteiger partial charge in [-0.3, -0.25) is 19.2 Å². The minimum Gasteiger partial charge on any atom is -0.455 e. The lowest BCUT2D eigenvalue weighted by Gasteiger charge is -2.43. The maximum absolute atomic E-state index is 15.0. The molecule has 2 aromatic carbocycles. The Morgan fingerprint density at radius 2 is 1.77 bits per heavy atom. The Morgan fingerprint density at radius 3 is 2.36 bits per heavy atom. The topological polar surface area (TPSA) is 135 Å². The molecule has 2 bridgehead atoms. The molecule has 9 atom stereocenters. The van der Waals surface area contributed by atoms with E-state index in [0.717, 1.165) is 5.56 Å². The largest absolute Gasteiger partial charge is 0.455 e. The van der Waals surface area contributed by atoms with Gasteiger partial charge in [-0.2, -0.15) is 0 Å². The van der Waals surface area contributed by atoms with E-state index >= 15 is 4.79 Å². The van der Waals surface area contributed by atoms with Gasteiger partial charge in [0, 0.05) is 30.4 Å². The number of methoxy groups -OCH3 is 1. The van der Waals surface area contributed by atoms with E-state index in [0.29, 0.717) is 12.0 Å². The number of fused-ring (bicyclic) bond motifs is 1. The van der Waals surface area contributed by atoms with Crippen molar-refractivity contribution in [1.82, 2.24) is 15.1 Å². The van der Waals surface area contributed by atoms with E-state index in [-0.39, 0.29) is 49.1 Å². The van der Waals surface area contributed by atoms with Crippen molar-refractivity contribution >= 4 is 39.6 Å². The van der Waals surface area contributed by atoms with Crippen molar-refractivity contribution in [1.29, 1.82) is 0 Å². The minimum atomic E-state index is -1.39. The molecule has 3 saturated heterocycles. The molecule has 2 aromatic rings. The quantitative estimate of drug-likeness (QED) is 0.136. The van der Waals surface area contributed by atoms with Crippen LogP contribution < -0.4 is 5.32 Å². The van der Waals surface area contributed by atoms with E-state index in [1.54, 1.807) is 29.2 Å². The van der Waals surface area contributed by atoms with E-state index in [1.165, 1.54) is 12.0 Å². The van der Waals surface area contributed by atoms with Crippen molar-refractivity contribution in [3.63, 3.8) is 0 Å². The number of esters is 1. The third-order valence-electron chi connectivity index (χ3n) is 10.5. The Morgan fingerprint density at radius 1 is 1.11 bits per heavy atom. The summed E-state index contributed by atoms with van der Waals surface area (Å²) in [5.74, 6) is -3.91. The molecule has 53 heavy (non-hydrogen) atoms. The van der Waals surface area contributed by atoms with Crippen LogP contribution in [0, 0.1) is 11.8 Å². The number of aliphatic hydroxyl groups excluding tert-OH is 1. The average molecular weight is 795 g/mol. The molecular formula is C41H52BrN3O8. The number of rotatable bonds is 17. The fourth-order valence-corrected chi connectivity index (χ4v) is 9.19. The molecule has 0 aliphatic carbocycles. The second-order valence-corrected chi connectivity index (χ2v) is 16.2. The zero-order chi connectivity index (χ0) is 38.5. The van der Waals surface area contributed by atoms with Gasteiger partial charge in [-0.25, -0.2) is 0 Å². The van der Waals surface area contributed by atoms with Crippen LogP contribution in [0.5, 0.6) is 0 Å². The van der Waals surface area contributed by atoms with Gasteiger partial charge in [0.25, 0.3) is 0 Å². The van der Waals surface area contributed by atoms with Crippen molar-refractivity contribution < 1.29 is 38.5 Å². The highest BCUT2D eigenvalue weighted by molar-refractivity contribution is 9.09. The molecule has 0 aromatic heterocycles. The summed E-state index contributed by atoms with van der Waals surface area (Å²) in [6.45, 7) is 13.2. The summed E-state index contributed by atoms with van der Waals surface area (Å²) >= 11 is 3.75. The van der Waals surface area contributed by atoms with Gasteiger partial charge in [-0.15, -0.1) is 13.2 Å². The van der Waals surface area contributed by atoms with E-state index in [9.17, 15) is 19.5 Å². The summed E-state index contributed by atoms with van der Waals surface area (Å²) in [4.78, 5) is 60.4. The maximum atomic E-state index is 15.0.